The Labute approximate surface area is 146 Å². The zero-order valence-electron chi connectivity index (χ0n) is 12.0. The smallest absolute Gasteiger partial charge is 0.237 e. The summed E-state index contributed by atoms with van der Waals surface area (Å²) in [5, 5.41) is 11.7. The molecule has 0 saturated carbocycles. The fourth-order valence-electron chi connectivity index (χ4n) is 2.01. The van der Waals surface area contributed by atoms with Crippen LogP contribution in [0.3, 0.4) is 0 Å². The molecular formula is C15H13ClN4OS2. The van der Waals surface area contributed by atoms with Gasteiger partial charge in [0.05, 0.1) is 4.88 Å². The lowest BCUT2D eigenvalue weighted by atomic mass is 10.2. The van der Waals surface area contributed by atoms with Crippen molar-refractivity contribution in [2.45, 2.75) is 17.5 Å². The number of rotatable bonds is 6. The maximum atomic E-state index is 11.4. The number of carbonyl (C=O) groups is 1. The van der Waals surface area contributed by atoms with Gasteiger partial charge < -0.3 is 5.73 Å². The van der Waals surface area contributed by atoms with Crippen LogP contribution < -0.4 is 5.73 Å². The average Bonchev–Trinajstić information content (AvgIpc) is 3.16. The predicted octanol–water partition coefficient (Wildman–Crippen LogP) is 3.44. The van der Waals surface area contributed by atoms with Crippen molar-refractivity contribution in [3.8, 4) is 10.7 Å². The molecule has 0 radical (unpaired) electrons. The number of nitrogens with two attached hydrogens (primary N) is 1. The number of benzene rings is 1. The van der Waals surface area contributed by atoms with E-state index in [0.717, 1.165) is 10.4 Å². The van der Waals surface area contributed by atoms with Crippen molar-refractivity contribution >= 4 is 40.6 Å². The molecule has 23 heavy (non-hydrogen) atoms. The molecule has 1 aromatic carbocycles. The predicted molar refractivity (Wildman–Crippen MR) is 93.5 cm³/mol. The van der Waals surface area contributed by atoms with E-state index in [2.05, 4.69) is 10.2 Å². The highest BCUT2D eigenvalue weighted by Gasteiger charge is 2.16. The number of amides is 1. The van der Waals surface area contributed by atoms with E-state index in [-0.39, 0.29) is 6.54 Å². The molecule has 2 N–H and O–H groups in total. The summed E-state index contributed by atoms with van der Waals surface area (Å²) in [7, 11) is 0. The highest BCUT2D eigenvalue weighted by Crippen LogP contribution is 2.28. The first kappa shape index (κ1) is 16.0. The number of carbonyl (C=O) groups excluding carboxylic acids is 1. The monoisotopic (exact) mass is 364 g/mol. The van der Waals surface area contributed by atoms with E-state index in [4.69, 9.17) is 17.3 Å². The summed E-state index contributed by atoms with van der Waals surface area (Å²) in [6.07, 6.45) is 0. The summed E-state index contributed by atoms with van der Waals surface area (Å²) in [4.78, 5) is 12.3. The molecule has 0 aliphatic heterocycles. The molecule has 2 heterocycles. The second-order valence-electron chi connectivity index (χ2n) is 4.75. The standard InChI is InChI=1S/C15H13ClN4OS2/c16-11-5-3-10(4-6-11)9-23-15-19-18-14(12-2-1-7-22-12)20(15)8-13(17)21/h1-7H,8-9H2,(H2,17,21). The lowest BCUT2D eigenvalue weighted by Gasteiger charge is -2.07. The summed E-state index contributed by atoms with van der Waals surface area (Å²) >= 11 is 8.94. The third-order valence-corrected chi connectivity index (χ3v) is 5.21. The van der Waals surface area contributed by atoms with E-state index in [9.17, 15) is 4.79 Å². The maximum absolute atomic E-state index is 11.4. The second-order valence-corrected chi connectivity index (χ2v) is 7.08. The summed E-state index contributed by atoms with van der Waals surface area (Å²) in [5.74, 6) is 0.951. The summed E-state index contributed by atoms with van der Waals surface area (Å²) in [6, 6.07) is 11.5. The minimum Gasteiger partial charge on any atom is -0.368 e. The Kier molecular flexibility index (Phi) is 5.00. The summed E-state index contributed by atoms with van der Waals surface area (Å²) in [6.45, 7) is 0.0587. The van der Waals surface area contributed by atoms with Gasteiger partial charge in [-0.2, -0.15) is 0 Å². The van der Waals surface area contributed by atoms with Crippen LogP contribution in [-0.2, 0) is 17.1 Å². The fraction of sp³-hybridized carbons (Fsp3) is 0.133. The van der Waals surface area contributed by atoms with Crippen molar-refractivity contribution < 1.29 is 4.79 Å². The zero-order chi connectivity index (χ0) is 16.2. The molecule has 0 saturated heterocycles. The zero-order valence-corrected chi connectivity index (χ0v) is 14.4. The van der Waals surface area contributed by atoms with E-state index < -0.39 is 5.91 Å². The first-order valence-electron chi connectivity index (χ1n) is 6.76. The Morgan fingerprint density at radius 1 is 1.26 bits per heavy atom. The molecule has 2 aromatic heterocycles. The Morgan fingerprint density at radius 3 is 2.70 bits per heavy atom. The fourth-order valence-corrected chi connectivity index (χ4v) is 3.75. The van der Waals surface area contributed by atoms with Gasteiger partial charge in [-0.15, -0.1) is 21.5 Å². The van der Waals surface area contributed by atoms with Crippen LogP contribution in [0.15, 0.2) is 46.9 Å². The number of thiophene rings is 1. The van der Waals surface area contributed by atoms with E-state index in [1.165, 1.54) is 11.8 Å². The molecule has 3 aromatic rings. The van der Waals surface area contributed by atoms with Gasteiger partial charge in [-0.25, -0.2) is 0 Å². The van der Waals surface area contributed by atoms with Gasteiger partial charge in [-0.05, 0) is 29.1 Å². The minimum atomic E-state index is -0.420. The van der Waals surface area contributed by atoms with Crippen LogP contribution in [0.2, 0.25) is 5.02 Å². The van der Waals surface area contributed by atoms with Gasteiger partial charge in [-0.3, -0.25) is 9.36 Å². The molecule has 8 heteroatoms. The van der Waals surface area contributed by atoms with Gasteiger partial charge in [-0.1, -0.05) is 41.6 Å². The third kappa shape index (κ3) is 3.93. The molecule has 0 atom stereocenters. The molecular weight excluding hydrogens is 352 g/mol. The van der Waals surface area contributed by atoms with Gasteiger partial charge >= 0.3 is 0 Å². The van der Waals surface area contributed by atoms with Gasteiger partial charge in [0.2, 0.25) is 5.91 Å². The number of halogens is 1. The Hall–Kier alpha value is -1.83. The van der Waals surface area contributed by atoms with Gasteiger partial charge in [0.25, 0.3) is 0 Å². The number of hydrogen-bond donors (Lipinski definition) is 1. The van der Waals surface area contributed by atoms with Crippen LogP contribution in [0.5, 0.6) is 0 Å². The molecule has 1 amide bonds. The van der Waals surface area contributed by atoms with E-state index in [1.54, 1.807) is 15.9 Å². The number of aromatic nitrogens is 3. The lowest BCUT2D eigenvalue weighted by Crippen LogP contribution is -2.19. The summed E-state index contributed by atoms with van der Waals surface area (Å²) < 4.78 is 1.76. The number of hydrogen-bond acceptors (Lipinski definition) is 5. The lowest BCUT2D eigenvalue weighted by molar-refractivity contribution is -0.118. The first-order chi connectivity index (χ1) is 11.1. The van der Waals surface area contributed by atoms with Gasteiger partial charge in [0.15, 0.2) is 11.0 Å². The highest BCUT2D eigenvalue weighted by molar-refractivity contribution is 7.98. The van der Waals surface area contributed by atoms with Gasteiger partial charge in [0.1, 0.15) is 6.54 Å². The van der Waals surface area contributed by atoms with Crippen LogP contribution in [0.1, 0.15) is 5.56 Å². The molecule has 3 rings (SSSR count). The molecule has 118 valence electrons. The molecule has 0 bridgehead atoms. The minimum absolute atomic E-state index is 0.0587. The number of thioether (sulfide) groups is 1. The van der Waals surface area contributed by atoms with E-state index >= 15 is 0 Å². The molecule has 0 aliphatic rings. The van der Waals surface area contributed by atoms with Crippen LogP contribution in [-0.4, -0.2) is 20.7 Å². The molecule has 0 fully saturated rings. The maximum Gasteiger partial charge on any atom is 0.237 e. The quantitative estimate of drug-likeness (QED) is 0.680. The topological polar surface area (TPSA) is 73.8 Å². The number of nitrogens with zero attached hydrogens (tertiary/aromatic N) is 3. The van der Waals surface area contributed by atoms with Crippen molar-refractivity contribution in [3.63, 3.8) is 0 Å². The normalized spacial score (nSPS) is 10.8. The van der Waals surface area contributed by atoms with Crippen molar-refractivity contribution in [1.82, 2.24) is 14.8 Å². The van der Waals surface area contributed by atoms with Crippen LogP contribution in [0.25, 0.3) is 10.7 Å². The van der Waals surface area contributed by atoms with Crippen LogP contribution in [0.4, 0.5) is 0 Å². The van der Waals surface area contributed by atoms with E-state index in [1.807, 2.05) is 41.8 Å². The first-order valence-corrected chi connectivity index (χ1v) is 9.00. The second kappa shape index (κ2) is 7.16. The third-order valence-electron chi connectivity index (χ3n) is 3.05. The van der Waals surface area contributed by atoms with Crippen LogP contribution >= 0.6 is 34.7 Å². The molecule has 5 nitrogen and oxygen atoms in total. The largest absolute Gasteiger partial charge is 0.368 e. The average molecular weight is 365 g/mol. The Morgan fingerprint density at radius 2 is 2.04 bits per heavy atom. The summed E-state index contributed by atoms with van der Waals surface area (Å²) in [5.41, 5.74) is 6.48. The highest BCUT2D eigenvalue weighted by atomic mass is 35.5. The molecule has 0 spiro atoms. The van der Waals surface area contributed by atoms with Gasteiger partial charge in [0, 0.05) is 10.8 Å². The van der Waals surface area contributed by atoms with Crippen molar-refractivity contribution in [1.29, 1.82) is 0 Å². The van der Waals surface area contributed by atoms with Crippen molar-refractivity contribution in [2.75, 3.05) is 0 Å². The number of primary amides is 1. The Bertz CT molecular complexity index is 800. The SMILES string of the molecule is NC(=O)Cn1c(SCc2ccc(Cl)cc2)nnc1-c1cccs1. The van der Waals surface area contributed by atoms with Crippen molar-refractivity contribution in [3.05, 3.63) is 52.4 Å². The van der Waals surface area contributed by atoms with Crippen molar-refractivity contribution in [2.24, 2.45) is 5.73 Å². The Balaban J connectivity index is 1.83. The van der Waals surface area contributed by atoms with Crippen LogP contribution in [0, 0.1) is 0 Å². The van der Waals surface area contributed by atoms with E-state index in [0.29, 0.717) is 21.8 Å². The molecule has 0 unspecified atom stereocenters. The molecule has 0 aliphatic carbocycles.